The third-order valence-electron chi connectivity index (χ3n) is 4.58. The molecule has 2 aromatic rings. The Bertz CT molecular complexity index is 776. The number of hydrogen-bond acceptors (Lipinski definition) is 4. The van der Waals surface area contributed by atoms with Crippen LogP contribution >= 0.6 is 0 Å². The van der Waals surface area contributed by atoms with Gasteiger partial charge >= 0.3 is 7.62 Å². The standard InChI is InChI=1S/C19H20BFN2O2/c1-24-20-23-10-2-9-19(16-4-6-17(21)7-5-16)18-8-3-14(12-22)11-15(18)13-25-19/h3-8,11,20,23H,2,9-10,13H2,1H3. The largest absolute Gasteiger partial charge is 0.427 e. The molecule has 1 heterocycles. The molecule has 2 aromatic carbocycles. The van der Waals surface area contributed by atoms with Crippen molar-refractivity contribution in [2.24, 2.45) is 0 Å². The molecule has 4 nitrogen and oxygen atoms in total. The van der Waals surface area contributed by atoms with E-state index in [0.717, 1.165) is 36.1 Å². The van der Waals surface area contributed by atoms with Crippen LogP contribution in [-0.4, -0.2) is 21.3 Å². The van der Waals surface area contributed by atoms with Gasteiger partial charge in [0.15, 0.2) is 0 Å². The summed E-state index contributed by atoms with van der Waals surface area (Å²) in [6.07, 6.45) is 1.63. The quantitative estimate of drug-likeness (QED) is 0.623. The van der Waals surface area contributed by atoms with Crippen molar-refractivity contribution >= 4 is 7.62 Å². The molecule has 0 radical (unpaired) electrons. The molecule has 0 aromatic heterocycles. The highest BCUT2D eigenvalue weighted by atomic mass is 19.1. The van der Waals surface area contributed by atoms with Crippen molar-refractivity contribution in [3.05, 3.63) is 70.5 Å². The minimum atomic E-state index is -0.605. The first-order valence-electron chi connectivity index (χ1n) is 8.33. The van der Waals surface area contributed by atoms with Crippen molar-refractivity contribution < 1.29 is 13.8 Å². The van der Waals surface area contributed by atoms with Crippen LogP contribution in [0.15, 0.2) is 42.5 Å². The van der Waals surface area contributed by atoms with Gasteiger partial charge in [-0.3, -0.25) is 0 Å². The molecule has 0 amide bonds. The van der Waals surface area contributed by atoms with E-state index in [1.54, 1.807) is 19.2 Å². The van der Waals surface area contributed by atoms with E-state index in [2.05, 4.69) is 11.3 Å². The van der Waals surface area contributed by atoms with Gasteiger partial charge in [-0.15, -0.1) is 0 Å². The van der Waals surface area contributed by atoms with E-state index in [4.69, 9.17) is 14.7 Å². The maximum atomic E-state index is 13.4. The molecule has 0 spiro atoms. The highest BCUT2D eigenvalue weighted by molar-refractivity contribution is 6.23. The average molecular weight is 338 g/mol. The lowest BCUT2D eigenvalue weighted by atomic mass is 9.81. The highest BCUT2D eigenvalue weighted by Crippen LogP contribution is 2.45. The van der Waals surface area contributed by atoms with Crippen molar-refractivity contribution in [2.45, 2.75) is 25.0 Å². The van der Waals surface area contributed by atoms with Crippen LogP contribution in [-0.2, 0) is 21.6 Å². The van der Waals surface area contributed by atoms with E-state index in [9.17, 15) is 4.39 Å². The zero-order valence-corrected chi connectivity index (χ0v) is 14.2. The van der Waals surface area contributed by atoms with Gasteiger partial charge in [-0.1, -0.05) is 18.2 Å². The summed E-state index contributed by atoms with van der Waals surface area (Å²) in [6.45, 7) is 1.25. The fourth-order valence-corrected chi connectivity index (χ4v) is 3.40. The van der Waals surface area contributed by atoms with Gasteiger partial charge in [-0.25, -0.2) is 4.39 Å². The number of benzene rings is 2. The lowest BCUT2D eigenvalue weighted by Crippen LogP contribution is -2.29. The zero-order chi connectivity index (χ0) is 17.7. The predicted molar refractivity (Wildman–Crippen MR) is 94.5 cm³/mol. The SMILES string of the molecule is COBNCCCC1(c2ccc(F)cc2)OCc2cc(C#N)ccc21. The first-order valence-corrected chi connectivity index (χ1v) is 8.33. The number of ether oxygens (including phenoxy) is 1. The Labute approximate surface area is 147 Å². The van der Waals surface area contributed by atoms with E-state index in [1.165, 1.54) is 12.1 Å². The summed E-state index contributed by atoms with van der Waals surface area (Å²) in [5.74, 6) is -0.265. The van der Waals surface area contributed by atoms with Crippen molar-refractivity contribution in [1.82, 2.24) is 5.23 Å². The molecule has 0 aliphatic carbocycles. The number of nitriles is 1. The molecular formula is C19H20BFN2O2. The lowest BCUT2D eigenvalue weighted by Gasteiger charge is -2.30. The molecular weight excluding hydrogens is 318 g/mol. The number of nitrogens with zero attached hydrogens (tertiary/aromatic N) is 1. The Balaban J connectivity index is 1.92. The van der Waals surface area contributed by atoms with Crippen LogP contribution in [0, 0.1) is 17.1 Å². The van der Waals surface area contributed by atoms with Crippen LogP contribution in [0.25, 0.3) is 0 Å². The molecule has 0 fully saturated rings. The Morgan fingerprint density at radius 2 is 2.12 bits per heavy atom. The summed E-state index contributed by atoms with van der Waals surface area (Å²) in [5, 5.41) is 12.3. The molecule has 0 bridgehead atoms. The van der Waals surface area contributed by atoms with Crippen LogP contribution in [0.1, 0.15) is 35.1 Å². The summed E-state index contributed by atoms with van der Waals surface area (Å²) in [7, 11) is 2.16. The van der Waals surface area contributed by atoms with Crippen LogP contribution in [0.4, 0.5) is 4.39 Å². The number of nitrogens with one attached hydrogen (secondary N) is 1. The molecule has 1 aliphatic rings. The first kappa shape index (κ1) is 17.6. The molecule has 0 saturated carbocycles. The van der Waals surface area contributed by atoms with Gasteiger partial charge in [-0.05, 0) is 60.3 Å². The van der Waals surface area contributed by atoms with Crippen LogP contribution < -0.4 is 5.23 Å². The summed E-state index contributed by atoms with van der Waals surface area (Å²) in [5.41, 5.74) is 3.03. The molecule has 1 N–H and O–H groups in total. The summed E-state index contributed by atoms with van der Waals surface area (Å²) in [4.78, 5) is 0. The van der Waals surface area contributed by atoms with Gasteiger partial charge in [0, 0.05) is 7.11 Å². The van der Waals surface area contributed by atoms with Gasteiger partial charge in [0.2, 0.25) is 0 Å². The predicted octanol–water partition coefficient (Wildman–Crippen LogP) is 2.75. The monoisotopic (exact) mass is 338 g/mol. The smallest absolute Gasteiger partial charge is 0.360 e. The van der Waals surface area contributed by atoms with Crippen LogP contribution in [0.5, 0.6) is 0 Å². The lowest BCUT2D eigenvalue weighted by molar-refractivity contribution is -0.0127. The van der Waals surface area contributed by atoms with Crippen molar-refractivity contribution in [3.63, 3.8) is 0 Å². The Hall–Kier alpha value is -2.20. The molecule has 128 valence electrons. The van der Waals surface area contributed by atoms with Gasteiger partial charge in [-0.2, -0.15) is 5.26 Å². The second-order valence-electron chi connectivity index (χ2n) is 6.14. The molecule has 0 saturated heterocycles. The topological polar surface area (TPSA) is 54.3 Å². The van der Waals surface area contributed by atoms with Gasteiger partial charge in [0.05, 0.1) is 18.2 Å². The zero-order valence-electron chi connectivity index (χ0n) is 14.2. The maximum Gasteiger partial charge on any atom is 0.360 e. The number of fused-ring (bicyclic) bond motifs is 1. The fourth-order valence-electron chi connectivity index (χ4n) is 3.40. The third kappa shape index (κ3) is 3.59. The molecule has 1 aliphatic heterocycles. The molecule has 1 atom stereocenters. The van der Waals surface area contributed by atoms with Crippen molar-refractivity contribution in [2.75, 3.05) is 13.7 Å². The Morgan fingerprint density at radius 1 is 1.32 bits per heavy atom. The molecule has 6 heteroatoms. The normalized spacial score (nSPS) is 18.6. The van der Waals surface area contributed by atoms with Crippen LogP contribution in [0.3, 0.4) is 0 Å². The van der Waals surface area contributed by atoms with Crippen molar-refractivity contribution in [3.8, 4) is 6.07 Å². The summed E-state index contributed by atoms with van der Waals surface area (Å²) < 4.78 is 24.6. The maximum absolute atomic E-state index is 13.4. The van der Waals surface area contributed by atoms with E-state index in [-0.39, 0.29) is 5.82 Å². The Kier molecular flexibility index (Phi) is 5.49. The van der Waals surface area contributed by atoms with Gasteiger partial charge < -0.3 is 14.6 Å². The van der Waals surface area contributed by atoms with E-state index in [1.807, 2.05) is 18.2 Å². The Morgan fingerprint density at radius 3 is 2.84 bits per heavy atom. The third-order valence-corrected chi connectivity index (χ3v) is 4.58. The molecule has 3 rings (SSSR count). The fraction of sp³-hybridized carbons (Fsp3) is 0.316. The second kappa shape index (κ2) is 7.79. The number of hydrogen-bond donors (Lipinski definition) is 1. The molecule has 25 heavy (non-hydrogen) atoms. The minimum absolute atomic E-state index is 0.265. The van der Waals surface area contributed by atoms with E-state index >= 15 is 0 Å². The summed E-state index contributed by atoms with van der Waals surface area (Å²) in [6, 6.07) is 14.3. The average Bonchev–Trinajstić information content (AvgIpc) is 3.01. The highest BCUT2D eigenvalue weighted by Gasteiger charge is 2.41. The van der Waals surface area contributed by atoms with Crippen LogP contribution in [0.2, 0.25) is 0 Å². The second-order valence-corrected chi connectivity index (χ2v) is 6.14. The number of halogens is 1. The van der Waals surface area contributed by atoms with E-state index < -0.39 is 5.60 Å². The van der Waals surface area contributed by atoms with Gasteiger partial charge in [0.1, 0.15) is 11.4 Å². The van der Waals surface area contributed by atoms with Crippen molar-refractivity contribution in [1.29, 1.82) is 5.26 Å². The van der Waals surface area contributed by atoms with Gasteiger partial charge in [0.25, 0.3) is 0 Å². The summed E-state index contributed by atoms with van der Waals surface area (Å²) >= 11 is 0. The first-order chi connectivity index (χ1) is 12.2. The molecule has 1 unspecified atom stereocenters. The number of rotatable bonds is 7. The van der Waals surface area contributed by atoms with E-state index in [0.29, 0.717) is 19.8 Å². The minimum Gasteiger partial charge on any atom is -0.427 e.